The Morgan fingerprint density at radius 3 is 2.74 bits per heavy atom. The van der Waals surface area contributed by atoms with Crippen molar-refractivity contribution < 1.29 is 19.0 Å². The van der Waals surface area contributed by atoms with E-state index in [0.29, 0.717) is 12.1 Å². The van der Waals surface area contributed by atoms with Crippen LogP contribution >= 0.6 is 0 Å². The van der Waals surface area contributed by atoms with Gasteiger partial charge in [-0.1, -0.05) is 12.8 Å². The van der Waals surface area contributed by atoms with E-state index >= 15 is 0 Å². The van der Waals surface area contributed by atoms with Crippen LogP contribution in [0, 0.1) is 5.82 Å². The highest BCUT2D eigenvalue weighted by Gasteiger charge is 2.09. The Bertz CT molecular complexity index is 410. The topological polar surface area (TPSA) is 58.6 Å². The lowest BCUT2D eigenvalue weighted by Gasteiger charge is -2.07. The van der Waals surface area contributed by atoms with E-state index in [4.69, 9.17) is 9.84 Å². The molecule has 0 saturated carbocycles. The molecule has 0 heterocycles. The van der Waals surface area contributed by atoms with Crippen LogP contribution in [0.5, 0.6) is 5.75 Å². The van der Waals surface area contributed by atoms with Crippen LogP contribution in [0.2, 0.25) is 0 Å². The lowest BCUT2D eigenvalue weighted by atomic mass is 10.1. The standard InChI is InChI=1S/C14H20FNO3/c1-19-13-10-11(6-7-12(13)15)14(18)16-8-4-2-3-5-9-17/h6-7,10,17H,2-5,8-9H2,1H3,(H,16,18). The Morgan fingerprint density at radius 1 is 1.32 bits per heavy atom. The molecule has 0 bridgehead atoms. The molecule has 1 rings (SSSR count). The number of hydrogen-bond acceptors (Lipinski definition) is 3. The van der Waals surface area contributed by atoms with E-state index in [1.807, 2.05) is 0 Å². The number of amides is 1. The maximum atomic E-state index is 13.2. The van der Waals surface area contributed by atoms with Gasteiger partial charge in [-0.2, -0.15) is 0 Å². The van der Waals surface area contributed by atoms with Crippen LogP contribution in [-0.2, 0) is 0 Å². The van der Waals surface area contributed by atoms with Gasteiger partial charge in [0, 0.05) is 18.7 Å². The van der Waals surface area contributed by atoms with Gasteiger partial charge >= 0.3 is 0 Å². The lowest BCUT2D eigenvalue weighted by Crippen LogP contribution is -2.24. The number of hydrogen-bond donors (Lipinski definition) is 2. The maximum Gasteiger partial charge on any atom is 0.251 e. The fourth-order valence-electron chi connectivity index (χ4n) is 1.70. The van der Waals surface area contributed by atoms with E-state index in [-0.39, 0.29) is 18.3 Å². The lowest BCUT2D eigenvalue weighted by molar-refractivity contribution is 0.0952. The van der Waals surface area contributed by atoms with Crippen molar-refractivity contribution in [2.45, 2.75) is 25.7 Å². The van der Waals surface area contributed by atoms with Crippen molar-refractivity contribution in [2.75, 3.05) is 20.3 Å². The molecule has 0 aliphatic carbocycles. The Balaban J connectivity index is 2.37. The minimum absolute atomic E-state index is 0.0654. The van der Waals surface area contributed by atoms with Crippen molar-refractivity contribution in [2.24, 2.45) is 0 Å². The fourth-order valence-corrected chi connectivity index (χ4v) is 1.70. The number of aliphatic hydroxyl groups excluding tert-OH is 1. The quantitative estimate of drug-likeness (QED) is 0.711. The summed E-state index contributed by atoms with van der Waals surface area (Å²) in [5, 5.41) is 11.4. The van der Waals surface area contributed by atoms with E-state index in [0.717, 1.165) is 25.7 Å². The number of aliphatic hydroxyl groups is 1. The van der Waals surface area contributed by atoms with Gasteiger partial charge in [0.05, 0.1) is 7.11 Å². The van der Waals surface area contributed by atoms with Crippen LogP contribution in [0.3, 0.4) is 0 Å². The third-order valence-electron chi connectivity index (χ3n) is 2.78. The molecule has 0 fully saturated rings. The van der Waals surface area contributed by atoms with Gasteiger partial charge < -0.3 is 15.2 Å². The first-order chi connectivity index (χ1) is 9.19. The first-order valence-electron chi connectivity index (χ1n) is 6.41. The molecule has 1 aromatic carbocycles. The highest BCUT2D eigenvalue weighted by molar-refractivity contribution is 5.94. The van der Waals surface area contributed by atoms with Crippen molar-refractivity contribution in [3.63, 3.8) is 0 Å². The molecule has 1 aromatic rings. The number of carbonyl (C=O) groups excluding carboxylic acids is 1. The molecule has 0 aliphatic heterocycles. The zero-order valence-corrected chi connectivity index (χ0v) is 11.1. The molecule has 0 atom stereocenters. The van der Waals surface area contributed by atoms with Crippen LogP contribution in [0.25, 0.3) is 0 Å². The molecule has 19 heavy (non-hydrogen) atoms. The largest absolute Gasteiger partial charge is 0.494 e. The van der Waals surface area contributed by atoms with Gasteiger partial charge in [-0.05, 0) is 31.0 Å². The predicted molar refractivity (Wildman–Crippen MR) is 70.8 cm³/mol. The molecule has 0 saturated heterocycles. The average Bonchev–Trinajstić information content (AvgIpc) is 2.43. The monoisotopic (exact) mass is 269 g/mol. The number of benzene rings is 1. The van der Waals surface area contributed by atoms with Gasteiger partial charge in [0.2, 0.25) is 0 Å². The first kappa shape index (κ1) is 15.4. The molecule has 0 aromatic heterocycles. The SMILES string of the molecule is COc1cc(C(=O)NCCCCCCO)ccc1F. The summed E-state index contributed by atoms with van der Waals surface area (Å²) in [4.78, 5) is 11.8. The average molecular weight is 269 g/mol. The molecule has 0 spiro atoms. The summed E-state index contributed by atoms with van der Waals surface area (Å²) in [6, 6.07) is 4.03. The highest BCUT2D eigenvalue weighted by atomic mass is 19.1. The third-order valence-corrected chi connectivity index (χ3v) is 2.78. The van der Waals surface area contributed by atoms with Gasteiger partial charge in [0.15, 0.2) is 11.6 Å². The summed E-state index contributed by atoms with van der Waals surface area (Å²) in [7, 11) is 1.36. The minimum Gasteiger partial charge on any atom is -0.494 e. The molecular weight excluding hydrogens is 249 g/mol. The number of unbranched alkanes of at least 4 members (excludes halogenated alkanes) is 3. The van der Waals surface area contributed by atoms with Crippen molar-refractivity contribution in [1.82, 2.24) is 5.32 Å². The van der Waals surface area contributed by atoms with E-state index in [1.165, 1.54) is 25.3 Å². The van der Waals surface area contributed by atoms with E-state index < -0.39 is 5.82 Å². The summed E-state index contributed by atoms with van der Waals surface area (Å²) in [6.07, 6.45) is 3.58. The van der Waals surface area contributed by atoms with Crippen LogP contribution in [-0.4, -0.2) is 31.3 Å². The number of carbonyl (C=O) groups is 1. The van der Waals surface area contributed by atoms with Crippen LogP contribution in [0.15, 0.2) is 18.2 Å². The fraction of sp³-hybridized carbons (Fsp3) is 0.500. The van der Waals surface area contributed by atoms with Gasteiger partial charge in [-0.15, -0.1) is 0 Å². The zero-order chi connectivity index (χ0) is 14.1. The Labute approximate surface area is 112 Å². The summed E-state index contributed by atoms with van der Waals surface area (Å²) in [5.74, 6) is -0.654. The predicted octanol–water partition coefficient (Wildman–Crippen LogP) is 2.12. The maximum absolute atomic E-state index is 13.2. The van der Waals surface area contributed by atoms with Crippen LogP contribution in [0.4, 0.5) is 4.39 Å². The molecular formula is C14H20FNO3. The Morgan fingerprint density at radius 2 is 2.05 bits per heavy atom. The second-order valence-electron chi connectivity index (χ2n) is 4.24. The van der Waals surface area contributed by atoms with Crippen LogP contribution < -0.4 is 10.1 Å². The number of ether oxygens (including phenoxy) is 1. The second kappa shape index (κ2) is 8.48. The van der Waals surface area contributed by atoms with Gasteiger partial charge in [-0.25, -0.2) is 4.39 Å². The summed E-state index contributed by atoms with van der Waals surface area (Å²) in [5.41, 5.74) is 0.383. The molecule has 0 unspecified atom stereocenters. The minimum atomic E-state index is -0.483. The van der Waals surface area contributed by atoms with Crippen molar-refractivity contribution >= 4 is 5.91 Å². The normalized spacial score (nSPS) is 10.3. The van der Waals surface area contributed by atoms with Gasteiger partial charge in [0.25, 0.3) is 5.91 Å². The summed E-state index contributed by atoms with van der Waals surface area (Å²) < 4.78 is 18.0. The Kier molecular flexibility index (Phi) is 6.89. The number of halogens is 1. The van der Waals surface area contributed by atoms with Crippen molar-refractivity contribution in [3.05, 3.63) is 29.6 Å². The number of methoxy groups -OCH3 is 1. The summed E-state index contributed by atoms with van der Waals surface area (Å²) in [6.45, 7) is 0.783. The Hall–Kier alpha value is -1.62. The third kappa shape index (κ3) is 5.26. The van der Waals surface area contributed by atoms with E-state index in [1.54, 1.807) is 0 Å². The number of nitrogens with one attached hydrogen (secondary N) is 1. The molecule has 0 radical (unpaired) electrons. The highest BCUT2D eigenvalue weighted by Crippen LogP contribution is 2.18. The molecule has 4 nitrogen and oxygen atoms in total. The van der Waals surface area contributed by atoms with Crippen LogP contribution in [0.1, 0.15) is 36.0 Å². The molecule has 0 aliphatic rings. The van der Waals surface area contributed by atoms with Gasteiger partial charge in [0.1, 0.15) is 0 Å². The zero-order valence-electron chi connectivity index (χ0n) is 11.1. The summed E-state index contributed by atoms with van der Waals surface area (Å²) >= 11 is 0. The van der Waals surface area contributed by atoms with E-state index in [2.05, 4.69) is 5.32 Å². The smallest absolute Gasteiger partial charge is 0.251 e. The first-order valence-corrected chi connectivity index (χ1v) is 6.41. The number of rotatable bonds is 8. The molecule has 5 heteroatoms. The van der Waals surface area contributed by atoms with Crippen molar-refractivity contribution in [1.29, 1.82) is 0 Å². The second-order valence-corrected chi connectivity index (χ2v) is 4.24. The molecule has 2 N–H and O–H groups in total. The van der Waals surface area contributed by atoms with Crippen molar-refractivity contribution in [3.8, 4) is 5.75 Å². The molecule has 106 valence electrons. The van der Waals surface area contributed by atoms with E-state index in [9.17, 15) is 9.18 Å². The molecule has 1 amide bonds. The van der Waals surface area contributed by atoms with Gasteiger partial charge in [-0.3, -0.25) is 4.79 Å².